The maximum absolute atomic E-state index is 13.9. The molecule has 1 amide bonds. The number of anilines is 1. The average Bonchev–Trinajstić information content (AvgIpc) is 3.44. The summed E-state index contributed by atoms with van der Waals surface area (Å²) in [6.07, 6.45) is 1.86. The number of fused-ring (bicyclic) bond motifs is 1. The van der Waals surface area contributed by atoms with Gasteiger partial charge < -0.3 is 25.8 Å². The third kappa shape index (κ3) is 6.12. The highest BCUT2D eigenvalue weighted by Gasteiger charge is 2.27. The molecule has 2 atom stereocenters. The number of hydrogen-bond acceptors (Lipinski definition) is 10. The SMILES string of the molecule is COC(=O)[C@H](Cc1ccc(O)cc1)NC(=O)c1cc2nc(N3CCC[C@@H](N)C3)n(Cc3ccccc3C#N)c(=O)c2s1. The number of carbonyl (C=O) groups excluding carboxylic acids is 2. The normalized spacial score (nSPS) is 15.6. The summed E-state index contributed by atoms with van der Waals surface area (Å²) in [5.41, 5.74) is 8.13. The standard InChI is InChI=1S/C30H30N6O5S/c1-41-29(40)24(13-18-8-10-22(37)11-9-18)33-27(38)25-14-23-26(42-25)28(39)36(16-20-6-3-2-5-19(20)15-31)30(34-23)35-12-4-7-21(32)17-35/h2-3,5-6,8-11,14,21,24,37H,4,7,12-13,16-17,32H2,1H3,(H,33,38)/t21-,24+/m1/s1. The minimum atomic E-state index is -0.991. The Kier molecular flexibility index (Phi) is 8.51. The van der Waals surface area contributed by atoms with Gasteiger partial charge in [0.15, 0.2) is 0 Å². The van der Waals surface area contributed by atoms with Gasteiger partial charge in [-0.2, -0.15) is 5.26 Å². The lowest BCUT2D eigenvalue weighted by Crippen LogP contribution is -2.45. The first-order valence-electron chi connectivity index (χ1n) is 13.5. The van der Waals surface area contributed by atoms with Gasteiger partial charge >= 0.3 is 5.97 Å². The third-order valence-corrected chi connectivity index (χ3v) is 8.32. The quantitative estimate of drug-likeness (QED) is 0.263. The molecule has 0 radical (unpaired) electrons. The van der Waals surface area contributed by atoms with Gasteiger partial charge in [-0.3, -0.25) is 14.2 Å². The Morgan fingerprint density at radius 2 is 2.02 bits per heavy atom. The zero-order valence-corrected chi connectivity index (χ0v) is 23.8. The van der Waals surface area contributed by atoms with Gasteiger partial charge in [0.25, 0.3) is 11.5 Å². The Morgan fingerprint density at radius 3 is 2.74 bits per heavy atom. The number of thiophene rings is 1. The minimum absolute atomic E-state index is 0.0705. The largest absolute Gasteiger partial charge is 0.508 e. The molecule has 0 saturated carbocycles. The Hall–Kier alpha value is -4.73. The van der Waals surface area contributed by atoms with Crippen molar-refractivity contribution in [2.75, 3.05) is 25.1 Å². The summed E-state index contributed by atoms with van der Waals surface area (Å²) in [6.45, 7) is 1.32. The van der Waals surface area contributed by atoms with Crippen molar-refractivity contribution in [3.05, 3.63) is 86.5 Å². The van der Waals surface area contributed by atoms with Gasteiger partial charge in [0.1, 0.15) is 16.5 Å². The van der Waals surface area contributed by atoms with E-state index in [0.717, 1.165) is 24.2 Å². The van der Waals surface area contributed by atoms with E-state index in [-0.39, 0.29) is 39.9 Å². The van der Waals surface area contributed by atoms with Crippen LogP contribution in [0.2, 0.25) is 0 Å². The fraction of sp³-hybridized carbons (Fsp3) is 0.300. The van der Waals surface area contributed by atoms with Crippen LogP contribution in [-0.2, 0) is 22.5 Å². The second-order valence-electron chi connectivity index (χ2n) is 10.2. The number of piperidine rings is 1. The summed E-state index contributed by atoms with van der Waals surface area (Å²) in [7, 11) is 1.24. The Bertz CT molecular complexity index is 1730. The molecule has 2 aromatic carbocycles. The molecule has 1 aliphatic rings. The van der Waals surface area contributed by atoms with Gasteiger partial charge in [-0.05, 0) is 48.2 Å². The summed E-state index contributed by atoms with van der Waals surface area (Å²) in [5.74, 6) is -0.657. The lowest BCUT2D eigenvalue weighted by molar-refractivity contribution is -0.142. The van der Waals surface area contributed by atoms with Crippen LogP contribution < -0.4 is 21.5 Å². The van der Waals surface area contributed by atoms with Gasteiger partial charge in [-0.15, -0.1) is 11.3 Å². The molecule has 11 nitrogen and oxygen atoms in total. The maximum Gasteiger partial charge on any atom is 0.328 e. The van der Waals surface area contributed by atoms with Crippen LogP contribution >= 0.6 is 11.3 Å². The molecule has 5 rings (SSSR count). The van der Waals surface area contributed by atoms with Crippen LogP contribution in [0.3, 0.4) is 0 Å². The smallest absolute Gasteiger partial charge is 0.328 e. The van der Waals surface area contributed by atoms with E-state index >= 15 is 0 Å². The number of nitrogens with zero attached hydrogens (tertiary/aromatic N) is 4. The Labute approximate surface area is 245 Å². The number of rotatable bonds is 8. The molecule has 0 aliphatic carbocycles. The number of ether oxygens (including phenoxy) is 1. The first-order valence-corrected chi connectivity index (χ1v) is 14.3. The highest BCUT2D eigenvalue weighted by Crippen LogP contribution is 2.26. The highest BCUT2D eigenvalue weighted by atomic mass is 32.1. The molecule has 216 valence electrons. The molecule has 1 fully saturated rings. The maximum atomic E-state index is 13.9. The fourth-order valence-electron chi connectivity index (χ4n) is 5.06. The molecule has 1 aliphatic heterocycles. The Balaban J connectivity index is 1.51. The first kappa shape index (κ1) is 28.8. The second-order valence-corrected chi connectivity index (χ2v) is 11.2. The number of nitriles is 1. The van der Waals surface area contributed by atoms with Crippen molar-refractivity contribution in [3.8, 4) is 11.8 Å². The molecule has 12 heteroatoms. The zero-order chi connectivity index (χ0) is 29.8. The van der Waals surface area contributed by atoms with E-state index in [1.165, 1.54) is 23.8 Å². The van der Waals surface area contributed by atoms with E-state index in [9.17, 15) is 24.8 Å². The van der Waals surface area contributed by atoms with Crippen molar-refractivity contribution in [2.45, 2.75) is 37.9 Å². The van der Waals surface area contributed by atoms with E-state index < -0.39 is 17.9 Å². The second kappa shape index (κ2) is 12.4. The molecule has 0 spiro atoms. The third-order valence-electron chi connectivity index (χ3n) is 7.21. The number of esters is 1. The van der Waals surface area contributed by atoms with Crippen LogP contribution in [0.5, 0.6) is 5.75 Å². The number of phenolic OH excluding ortho intramolecular Hbond substituents is 1. The lowest BCUT2D eigenvalue weighted by Gasteiger charge is -2.33. The van der Waals surface area contributed by atoms with Crippen LogP contribution in [0.25, 0.3) is 10.2 Å². The summed E-state index contributed by atoms with van der Waals surface area (Å²) in [5, 5.41) is 21.9. The van der Waals surface area contributed by atoms with E-state index in [0.29, 0.717) is 41.2 Å². The number of aromatic hydroxyl groups is 1. The van der Waals surface area contributed by atoms with Gasteiger partial charge in [0.05, 0.1) is 35.7 Å². The van der Waals surface area contributed by atoms with Crippen molar-refractivity contribution in [3.63, 3.8) is 0 Å². The van der Waals surface area contributed by atoms with Crippen LogP contribution in [0.4, 0.5) is 5.95 Å². The van der Waals surface area contributed by atoms with Crippen LogP contribution in [0.1, 0.15) is 39.2 Å². The summed E-state index contributed by atoms with van der Waals surface area (Å²) < 4.78 is 6.73. The van der Waals surface area contributed by atoms with E-state index in [1.54, 1.807) is 36.4 Å². The topological polar surface area (TPSA) is 164 Å². The van der Waals surface area contributed by atoms with E-state index in [2.05, 4.69) is 11.4 Å². The highest BCUT2D eigenvalue weighted by molar-refractivity contribution is 7.20. The lowest BCUT2D eigenvalue weighted by atomic mass is 10.1. The number of nitrogens with one attached hydrogen (secondary N) is 1. The van der Waals surface area contributed by atoms with E-state index in [1.807, 2.05) is 11.0 Å². The van der Waals surface area contributed by atoms with Gasteiger partial charge in [0, 0.05) is 25.6 Å². The number of hydrogen-bond donors (Lipinski definition) is 3. The number of nitrogens with two attached hydrogens (primary N) is 1. The van der Waals surface area contributed by atoms with Crippen molar-refractivity contribution in [1.29, 1.82) is 5.26 Å². The van der Waals surface area contributed by atoms with Gasteiger partial charge in [-0.1, -0.05) is 30.3 Å². The monoisotopic (exact) mass is 586 g/mol. The predicted molar refractivity (Wildman–Crippen MR) is 159 cm³/mol. The first-order chi connectivity index (χ1) is 20.3. The number of methoxy groups -OCH3 is 1. The molecular weight excluding hydrogens is 556 g/mol. The molecule has 2 aromatic heterocycles. The van der Waals surface area contributed by atoms with Gasteiger partial charge in [0.2, 0.25) is 5.95 Å². The molecule has 4 aromatic rings. The van der Waals surface area contributed by atoms with Gasteiger partial charge in [-0.25, -0.2) is 9.78 Å². The molecule has 0 unspecified atom stereocenters. The molecule has 3 heterocycles. The number of carbonyl (C=O) groups is 2. The average molecular weight is 587 g/mol. The molecule has 42 heavy (non-hydrogen) atoms. The number of benzene rings is 2. The van der Waals surface area contributed by atoms with Crippen LogP contribution in [-0.4, -0.2) is 58.8 Å². The Morgan fingerprint density at radius 1 is 1.26 bits per heavy atom. The molecular formula is C30H30N6O5S. The predicted octanol–water partition coefficient (Wildman–Crippen LogP) is 2.53. The van der Waals surface area contributed by atoms with Crippen LogP contribution in [0.15, 0.2) is 59.4 Å². The summed E-state index contributed by atoms with van der Waals surface area (Å²) in [4.78, 5) is 46.8. The minimum Gasteiger partial charge on any atom is -0.508 e. The molecule has 1 saturated heterocycles. The summed E-state index contributed by atoms with van der Waals surface area (Å²) in [6, 6.07) is 16.0. The summed E-state index contributed by atoms with van der Waals surface area (Å²) >= 11 is 0.991. The van der Waals surface area contributed by atoms with Crippen molar-refractivity contribution in [2.24, 2.45) is 5.73 Å². The van der Waals surface area contributed by atoms with Crippen molar-refractivity contribution < 1.29 is 19.4 Å². The molecule has 4 N–H and O–H groups in total. The number of phenols is 1. The fourth-order valence-corrected chi connectivity index (χ4v) is 6.01. The van der Waals surface area contributed by atoms with Crippen molar-refractivity contribution in [1.82, 2.24) is 14.9 Å². The van der Waals surface area contributed by atoms with E-state index in [4.69, 9.17) is 15.5 Å². The number of aromatic nitrogens is 2. The molecule has 0 bridgehead atoms. The van der Waals surface area contributed by atoms with Crippen LogP contribution in [0, 0.1) is 11.3 Å². The van der Waals surface area contributed by atoms with Crippen molar-refractivity contribution >= 4 is 39.4 Å². The zero-order valence-electron chi connectivity index (χ0n) is 22.9. The number of amides is 1.